The van der Waals surface area contributed by atoms with Gasteiger partial charge in [0.1, 0.15) is 11.5 Å². The van der Waals surface area contributed by atoms with Crippen LogP contribution >= 0.6 is 15.9 Å². The molecule has 0 aromatic heterocycles. The molecular formula is C24H24BBrO5. The Kier molecular flexibility index (Phi) is 8.31. The van der Waals surface area contributed by atoms with Crippen LogP contribution in [0.2, 0.25) is 0 Å². The lowest BCUT2D eigenvalue weighted by Gasteiger charge is -2.02. The molecule has 4 aromatic carbocycles. The Morgan fingerprint density at radius 1 is 0.645 bits per heavy atom. The molecule has 4 aromatic rings. The van der Waals surface area contributed by atoms with E-state index in [1.54, 1.807) is 48.5 Å². The molecule has 0 bridgehead atoms. The van der Waals surface area contributed by atoms with Crippen molar-refractivity contribution in [3.05, 3.63) is 77.3 Å². The van der Waals surface area contributed by atoms with Gasteiger partial charge in [0, 0.05) is 17.7 Å². The molecule has 1 aliphatic heterocycles. The van der Waals surface area contributed by atoms with Gasteiger partial charge in [-0.05, 0) is 76.2 Å². The zero-order valence-corrected chi connectivity index (χ0v) is 18.5. The maximum Gasteiger partial charge on any atom is 0.488 e. The van der Waals surface area contributed by atoms with E-state index in [-0.39, 0.29) is 5.75 Å². The van der Waals surface area contributed by atoms with E-state index in [2.05, 4.69) is 15.9 Å². The largest absolute Gasteiger partial charge is 0.508 e. The van der Waals surface area contributed by atoms with Crippen molar-refractivity contribution < 1.29 is 25.0 Å². The van der Waals surface area contributed by atoms with Crippen LogP contribution < -0.4 is 5.46 Å². The van der Waals surface area contributed by atoms with Crippen LogP contribution in [-0.2, 0) is 4.74 Å². The molecule has 160 valence electrons. The standard InChI is InChI=1S/C10H9BO3.C10H7BrO.C4H8O/c12-10-4-2-7-5-9(11(13)14)3-1-8(7)6-10;11-9-3-1-8-6-10(12)4-2-7(8)5-9;1-2-4-5-3-1/h1-6,12-14H;1-6,12H;1-4H2. The van der Waals surface area contributed by atoms with Crippen molar-refractivity contribution in [2.24, 2.45) is 0 Å². The molecule has 0 aliphatic carbocycles. The minimum atomic E-state index is -1.45. The van der Waals surface area contributed by atoms with Gasteiger partial charge in [0.15, 0.2) is 0 Å². The zero-order chi connectivity index (χ0) is 22.2. The highest BCUT2D eigenvalue weighted by atomic mass is 79.9. The Morgan fingerprint density at radius 3 is 1.65 bits per heavy atom. The maximum atomic E-state index is 9.21. The summed E-state index contributed by atoms with van der Waals surface area (Å²) in [6.07, 6.45) is 2.56. The van der Waals surface area contributed by atoms with Crippen LogP contribution in [0.5, 0.6) is 11.5 Å². The summed E-state index contributed by atoms with van der Waals surface area (Å²) < 4.78 is 6.00. The summed E-state index contributed by atoms with van der Waals surface area (Å²) >= 11 is 3.39. The quantitative estimate of drug-likeness (QED) is 0.303. The number of hydrogen-bond acceptors (Lipinski definition) is 5. The summed E-state index contributed by atoms with van der Waals surface area (Å²) in [5.41, 5.74) is 0.447. The normalized spacial score (nSPS) is 12.6. The molecule has 31 heavy (non-hydrogen) atoms. The third-order valence-corrected chi connectivity index (χ3v) is 5.25. The van der Waals surface area contributed by atoms with Gasteiger partial charge in [0.05, 0.1) is 0 Å². The molecule has 4 N–H and O–H groups in total. The average Bonchev–Trinajstić information content (AvgIpc) is 3.34. The van der Waals surface area contributed by atoms with Crippen molar-refractivity contribution in [2.45, 2.75) is 12.8 Å². The van der Waals surface area contributed by atoms with Gasteiger partial charge in [0.2, 0.25) is 0 Å². The summed E-state index contributed by atoms with van der Waals surface area (Å²) in [4.78, 5) is 0. The highest BCUT2D eigenvalue weighted by Gasteiger charge is 2.10. The molecule has 0 spiro atoms. The summed E-state index contributed by atoms with van der Waals surface area (Å²) in [6.45, 7) is 2.00. The third kappa shape index (κ3) is 6.97. The SMILES string of the molecule is C1CCOC1.OB(O)c1ccc2cc(O)ccc2c1.Oc1ccc2cc(Br)ccc2c1. The van der Waals surface area contributed by atoms with Gasteiger partial charge in [0.25, 0.3) is 0 Å². The van der Waals surface area contributed by atoms with Crippen molar-refractivity contribution in [1.29, 1.82) is 0 Å². The minimum Gasteiger partial charge on any atom is -0.508 e. The molecule has 0 radical (unpaired) electrons. The molecule has 1 heterocycles. The summed E-state index contributed by atoms with van der Waals surface area (Å²) in [7, 11) is -1.45. The van der Waals surface area contributed by atoms with E-state index in [0.717, 1.165) is 39.2 Å². The van der Waals surface area contributed by atoms with Gasteiger partial charge in [-0.15, -0.1) is 0 Å². The molecule has 0 amide bonds. The summed E-state index contributed by atoms with van der Waals surface area (Å²) in [6, 6.07) is 21.3. The van der Waals surface area contributed by atoms with Crippen molar-refractivity contribution in [3.8, 4) is 11.5 Å². The van der Waals surface area contributed by atoms with Gasteiger partial charge in [-0.1, -0.05) is 52.3 Å². The van der Waals surface area contributed by atoms with Crippen LogP contribution in [0.25, 0.3) is 21.5 Å². The van der Waals surface area contributed by atoms with Crippen LogP contribution in [0.3, 0.4) is 0 Å². The molecule has 5 rings (SSSR count). The van der Waals surface area contributed by atoms with Crippen LogP contribution in [0.15, 0.2) is 77.3 Å². The first kappa shape index (κ1) is 23.1. The first-order chi connectivity index (χ1) is 14.9. The first-order valence-electron chi connectivity index (χ1n) is 9.97. The van der Waals surface area contributed by atoms with Gasteiger partial charge in [-0.25, -0.2) is 0 Å². The molecule has 1 saturated heterocycles. The Morgan fingerprint density at radius 2 is 1.13 bits per heavy atom. The van der Waals surface area contributed by atoms with Gasteiger partial charge >= 0.3 is 7.12 Å². The van der Waals surface area contributed by atoms with E-state index in [9.17, 15) is 10.2 Å². The van der Waals surface area contributed by atoms with E-state index < -0.39 is 7.12 Å². The van der Waals surface area contributed by atoms with Crippen LogP contribution in [0.4, 0.5) is 0 Å². The van der Waals surface area contributed by atoms with Crippen molar-refractivity contribution in [2.75, 3.05) is 13.2 Å². The van der Waals surface area contributed by atoms with E-state index in [4.69, 9.17) is 14.8 Å². The van der Waals surface area contributed by atoms with E-state index >= 15 is 0 Å². The van der Waals surface area contributed by atoms with Gasteiger partial charge in [-0.2, -0.15) is 0 Å². The van der Waals surface area contributed by atoms with Crippen LogP contribution in [0.1, 0.15) is 12.8 Å². The number of aromatic hydroxyl groups is 2. The minimum absolute atomic E-state index is 0.204. The predicted molar refractivity (Wildman–Crippen MR) is 129 cm³/mol. The van der Waals surface area contributed by atoms with Crippen LogP contribution in [-0.4, -0.2) is 40.6 Å². The smallest absolute Gasteiger partial charge is 0.488 e. The Balaban J connectivity index is 0.000000145. The number of fused-ring (bicyclic) bond motifs is 2. The second kappa shape index (κ2) is 11.2. The lowest BCUT2D eigenvalue weighted by Crippen LogP contribution is -2.29. The number of phenolic OH excluding ortho intramolecular Hbond substituents is 2. The monoisotopic (exact) mass is 482 g/mol. The molecule has 0 atom stereocenters. The van der Waals surface area contributed by atoms with Crippen molar-refractivity contribution in [1.82, 2.24) is 0 Å². The lowest BCUT2D eigenvalue weighted by atomic mass is 9.79. The van der Waals surface area contributed by atoms with Gasteiger partial charge < -0.3 is 25.0 Å². The fourth-order valence-electron chi connectivity index (χ4n) is 3.13. The fraction of sp³-hybridized carbons (Fsp3) is 0.167. The second-order valence-corrected chi connectivity index (χ2v) is 8.08. The summed E-state index contributed by atoms with van der Waals surface area (Å²) in [5, 5.41) is 40.2. The number of halogens is 1. The van der Waals surface area contributed by atoms with Crippen molar-refractivity contribution >= 4 is 50.1 Å². The molecule has 0 unspecified atom stereocenters. The molecule has 1 fully saturated rings. The average molecular weight is 483 g/mol. The summed E-state index contributed by atoms with van der Waals surface area (Å²) in [5.74, 6) is 0.514. The molecular weight excluding hydrogens is 459 g/mol. The second-order valence-electron chi connectivity index (χ2n) is 7.16. The number of benzene rings is 4. The molecule has 5 nitrogen and oxygen atoms in total. The predicted octanol–water partition coefficient (Wildman–Crippen LogP) is 4.33. The van der Waals surface area contributed by atoms with E-state index in [0.29, 0.717) is 11.2 Å². The molecule has 7 heteroatoms. The third-order valence-electron chi connectivity index (χ3n) is 4.76. The van der Waals surface area contributed by atoms with E-state index in [1.165, 1.54) is 12.8 Å². The zero-order valence-electron chi connectivity index (χ0n) is 16.9. The maximum absolute atomic E-state index is 9.21. The topological polar surface area (TPSA) is 90.2 Å². The molecule has 0 saturated carbocycles. The number of rotatable bonds is 1. The van der Waals surface area contributed by atoms with E-state index in [1.807, 2.05) is 24.3 Å². The van der Waals surface area contributed by atoms with Crippen LogP contribution in [0, 0.1) is 0 Å². The molecule has 1 aliphatic rings. The lowest BCUT2D eigenvalue weighted by molar-refractivity contribution is 0.198. The number of phenols is 2. The van der Waals surface area contributed by atoms with Gasteiger partial charge in [-0.3, -0.25) is 0 Å². The number of hydrogen-bond donors (Lipinski definition) is 4. The fourth-order valence-corrected chi connectivity index (χ4v) is 3.51. The Bertz CT molecular complexity index is 1100. The number of ether oxygens (including phenoxy) is 1. The Labute approximate surface area is 189 Å². The van der Waals surface area contributed by atoms with Crippen molar-refractivity contribution in [3.63, 3.8) is 0 Å². The highest BCUT2D eigenvalue weighted by Crippen LogP contribution is 2.23. The Hall–Kier alpha value is -2.58. The first-order valence-corrected chi connectivity index (χ1v) is 10.8. The highest BCUT2D eigenvalue weighted by molar-refractivity contribution is 9.10.